The second-order valence-electron chi connectivity index (χ2n) is 3.86. The zero-order valence-electron chi connectivity index (χ0n) is 9.70. The minimum absolute atomic E-state index is 0.0610. The molecule has 18 heavy (non-hydrogen) atoms. The van der Waals surface area contributed by atoms with E-state index in [-0.39, 0.29) is 16.7 Å². The van der Waals surface area contributed by atoms with Crippen LogP contribution >= 0.6 is 11.3 Å². The summed E-state index contributed by atoms with van der Waals surface area (Å²) in [5.41, 5.74) is 0. The van der Waals surface area contributed by atoms with Gasteiger partial charge in [-0.1, -0.05) is 12.1 Å². The van der Waals surface area contributed by atoms with E-state index >= 15 is 0 Å². The van der Waals surface area contributed by atoms with E-state index < -0.39 is 10.0 Å². The number of sulfonamides is 1. The third-order valence-corrected chi connectivity index (χ3v) is 5.02. The first-order valence-electron chi connectivity index (χ1n) is 5.34. The number of aromatic hydroxyl groups is 1. The highest BCUT2D eigenvalue weighted by Gasteiger charge is 2.19. The van der Waals surface area contributed by atoms with Crippen molar-refractivity contribution >= 4 is 21.4 Å². The van der Waals surface area contributed by atoms with E-state index in [9.17, 15) is 13.5 Å². The molecule has 1 heterocycles. The molecule has 0 aliphatic carbocycles. The van der Waals surface area contributed by atoms with Gasteiger partial charge in [-0.3, -0.25) is 0 Å². The van der Waals surface area contributed by atoms with Gasteiger partial charge < -0.3 is 5.11 Å². The van der Waals surface area contributed by atoms with Gasteiger partial charge in [-0.2, -0.15) is 0 Å². The van der Waals surface area contributed by atoms with E-state index in [1.54, 1.807) is 6.92 Å². The smallest absolute Gasteiger partial charge is 0.241 e. The molecule has 0 saturated carbocycles. The van der Waals surface area contributed by atoms with Gasteiger partial charge in [0, 0.05) is 4.88 Å². The molecule has 0 aliphatic heterocycles. The molecule has 0 fully saturated rings. The Morgan fingerprint density at radius 2 is 2.06 bits per heavy atom. The molecule has 0 bridgehead atoms. The highest BCUT2D eigenvalue weighted by Crippen LogP contribution is 2.22. The van der Waals surface area contributed by atoms with Crippen LogP contribution in [-0.2, 0) is 10.0 Å². The third kappa shape index (κ3) is 2.90. The zero-order chi connectivity index (χ0) is 13.2. The lowest BCUT2D eigenvalue weighted by atomic mass is 10.3. The van der Waals surface area contributed by atoms with Crippen molar-refractivity contribution in [3.8, 4) is 5.75 Å². The lowest BCUT2D eigenvalue weighted by Gasteiger charge is -2.12. The Labute approximate surface area is 110 Å². The largest absolute Gasteiger partial charge is 0.508 e. The standard InChI is InChI=1S/C12H13NO3S2/c1-9(12-6-3-7-17-12)13-18(15,16)11-5-2-4-10(14)8-11/h2-9,13-14H,1H3. The van der Waals surface area contributed by atoms with Crippen LogP contribution in [0.2, 0.25) is 0 Å². The molecule has 1 atom stereocenters. The van der Waals surface area contributed by atoms with Gasteiger partial charge in [0.2, 0.25) is 10.0 Å². The SMILES string of the molecule is CC(NS(=O)(=O)c1cccc(O)c1)c1cccs1. The lowest BCUT2D eigenvalue weighted by molar-refractivity contribution is 0.473. The maximum Gasteiger partial charge on any atom is 0.241 e. The number of phenolic OH excluding ortho intramolecular Hbond substituents is 1. The molecule has 4 nitrogen and oxygen atoms in total. The third-order valence-electron chi connectivity index (χ3n) is 2.43. The molecule has 1 aromatic carbocycles. The van der Waals surface area contributed by atoms with Crippen LogP contribution in [0.3, 0.4) is 0 Å². The first-order valence-corrected chi connectivity index (χ1v) is 7.70. The van der Waals surface area contributed by atoms with Crippen LogP contribution in [0.15, 0.2) is 46.7 Å². The average molecular weight is 283 g/mol. The lowest BCUT2D eigenvalue weighted by Crippen LogP contribution is -2.26. The monoisotopic (exact) mass is 283 g/mol. The molecule has 0 aliphatic rings. The summed E-state index contributed by atoms with van der Waals surface area (Å²) >= 11 is 1.49. The van der Waals surface area contributed by atoms with Gasteiger partial charge >= 0.3 is 0 Å². The van der Waals surface area contributed by atoms with Crippen molar-refractivity contribution in [2.45, 2.75) is 17.9 Å². The van der Waals surface area contributed by atoms with Crippen molar-refractivity contribution in [2.75, 3.05) is 0 Å². The number of thiophene rings is 1. The van der Waals surface area contributed by atoms with E-state index in [1.165, 1.54) is 35.6 Å². The Kier molecular flexibility index (Phi) is 3.70. The summed E-state index contributed by atoms with van der Waals surface area (Å²) in [6.45, 7) is 1.78. The first kappa shape index (κ1) is 13.1. The fourth-order valence-electron chi connectivity index (χ4n) is 1.55. The zero-order valence-corrected chi connectivity index (χ0v) is 11.3. The van der Waals surface area contributed by atoms with Crippen LogP contribution in [-0.4, -0.2) is 13.5 Å². The van der Waals surface area contributed by atoms with Crippen LogP contribution in [0.4, 0.5) is 0 Å². The number of hydrogen-bond acceptors (Lipinski definition) is 4. The molecular weight excluding hydrogens is 270 g/mol. The van der Waals surface area contributed by atoms with Crippen LogP contribution in [0.5, 0.6) is 5.75 Å². The summed E-state index contributed by atoms with van der Waals surface area (Å²) in [6, 6.07) is 9.06. The first-order chi connectivity index (χ1) is 8.49. The van der Waals surface area contributed by atoms with Gasteiger partial charge in [-0.25, -0.2) is 13.1 Å². The number of benzene rings is 1. The average Bonchev–Trinajstić information content (AvgIpc) is 2.82. The Balaban J connectivity index is 2.22. The Morgan fingerprint density at radius 3 is 2.67 bits per heavy atom. The molecule has 0 amide bonds. The summed E-state index contributed by atoms with van der Waals surface area (Å²) in [5, 5.41) is 11.2. The molecule has 0 spiro atoms. The topological polar surface area (TPSA) is 66.4 Å². The van der Waals surface area contributed by atoms with Crippen LogP contribution in [0.25, 0.3) is 0 Å². The van der Waals surface area contributed by atoms with E-state index in [2.05, 4.69) is 4.72 Å². The van der Waals surface area contributed by atoms with Gasteiger partial charge in [0.25, 0.3) is 0 Å². The number of phenols is 1. The summed E-state index contributed by atoms with van der Waals surface area (Å²) in [7, 11) is -3.61. The second kappa shape index (κ2) is 5.09. The van der Waals surface area contributed by atoms with Gasteiger partial charge in [-0.15, -0.1) is 11.3 Å². The number of rotatable bonds is 4. The molecule has 2 rings (SSSR count). The number of hydrogen-bond donors (Lipinski definition) is 2. The molecular formula is C12H13NO3S2. The van der Waals surface area contributed by atoms with E-state index in [0.717, 1.165) is 4.88 Å². The van der Waals surface area contributed by atoms with Crippen molar-refractivity contribution in [1.82, 2.24) is 4.72 Å². The highest BCUT2D eigenvalue weighted by molar-refractivity contribution is 7.89. The fraction of sp³-hybridized carbons (Fsp3) is 0.167. The fourth-order valence-corrected chi connectivity index (χ4v) is 3.62. The van der Waals surface area contributed by atoms with Crippen LogP contribution in [0.1, 0.15) is 17.8 Å². The minimum Gasteiger partial charge on any atom is -0.508 e. The molecule has 2 N–H and O–H groups in total. The predicted molar refractivity (Wildman–Crippen MR) is 71.2 cm³/mol. The molecule has 6 heteroatoms. The van der Waals surface area contributed by atoms with E-state index in [0.29, 0.717) is 0 Å². The van der Waals surface area contributed by atoms with E-state index in [1.807, 2.05) is 17.5 Å². The molecule has 2 aromatic rings. The normalized spacial score (nSPS) is 13.4. The summed E-state index contributed by atoms with van der Waals surface area (Å²) < 4.78 is 26.7. The summed E-state index contributed by atoms with van der Waals surface area (Å²) in [4.78, 5) is 1.00. The molecule has 96 valence electrons. The maximum absolute atomic E-state index is 12.1. The van der Waals surface area contributed by atoms with Gasteiger partial charge in [-0.05, 0) is 36.6 Å². The summed E-state index contributed by atoms with van der Waals surface area (Å²) in [6.07, 6.45) is 0. The highest BCUT2D eigenvalue weighted by atomic mass is 32.2. The number of nitrogens with one attached hydrogen (secondary N) is 1. The molecule has 0 saturated heterocycles. The Morgan fingerprint density at radius 1 is 1.28 bits per heavy atom. The van der Waals surface area contributed by atoms with Crippen molar-refractivity contribution in [3.63, 3.8) is 0 Å². The predicted octanol–water partition coefficient (Wildman–Crippen LogP) is 2.49. The van der Waals surface area contributed by atoms with Gasteiger partial charge in [0.1, 0.15) is 5.75 Å². The van der Waals surface area contributed by atoms with Crippen molar-refractivity contribution in [3.05, 3.63) is 46.7 Å². The Hall–Kier alpha value is -1.37. The molecule has 1 aromatic heterocycles. The van der Waals surface area contributed by atoms with E-state index in [4.69, 9.17) is 0 Å². The maximum atomic E-state index is 12.1. The van der Waals surface area contributed by atoms with Crippen molar-refractivity contribution < 1.29 is 13.5 Å². The quantitative estimate of drug-likeness (QED) is 0.906. The second-order valence-corrected chi connectivity index (χ2v) is 6.55. The molecule has 1 unspecified atom stereocenters. The summed E-state index contributed by atoms with van der Waals surface area (Å²) in [5.74, 6) is -0.0679. The minimum atomic E-state index is -3.61. The Bertz CT molecular complexity index is 621. The van der Waals surface area contributed by atoms with Crippen molar-refractivity contribution in [2.24, 2.45) is 0 Å². The van der Waals surface area contributed by atoms with Crippen LogP contribution < -0.4 is 4.72 Å². The molecule has 0 radical (unpaired) electrons. The van der Waals surface area contributed by atoms with Gasteiger partial charge in [0.15, 0.2) is 0 Å². The van der Waals surface area contributed by atoms with Crippen molar-refractivity contribution in [1.29, 1.82) is 0 Å². The van der Waals surface area contributed by atoms with Gasteiger partial charge in [0.05, 0.1) is 10.9 Å². The van der Waals surface area contributed by atoms with Crippen LogP contribution in [0, 0.1) is 0 Å².